The van der Waals surface area contributed by atoms with Crippen LogP contribution in [-0.2, 0) is 26.7 Å². The summed E-state index contributed by atoms with van der Waals surface area (Å²) in [4.78, 5) is 31.0. The molecule has 2 rings (SSSR count). The number of benzene rings is 1. The zero-order valence-corrected chi connectivity index (χ0v) is 17.1. The van der Waals surface area contributed by atoms with Gasteiger partial charge in [0, 0.05) is 19.5 Å². The zero-order valence-electron chi connectivity index (χ0n) is 16.2. The zero-order chi connectivity index (χ0) is 19.7. The number of amides is 1. The summed E-state index contributed by atoms with van der Waals surface area (Å²) >= 11 is 0. The first-order valence-corrected chi connectivity index (χ1v) is 11.5. The molecule has 152 valence electrons. The molecule has 7 heteroatoms. The van der Waals surface area contributed by atoms with E-state index in [1.165, 1.54) is 30.4 Å². The molecule has 1 aliphatic rings. The maximum absolute atomic E-state index is 12.0. The van der Waals surface area contributed by atoms with Gasteiger partial charge in [0.05, 0.1) is 0 Å². The number of hydrogen-bond donors (Lipinski definition) is 2. The van der Waals surface area contributed by atoms with E-state index in [4.69, 9.17) is 9.79 Å². The number of nitrogens with zero attached hydrogens (tertiary/aromatic N) is 1. The van der Waals surface area contributed by atoms with E-state index in [1.807, 2.05) is 0 Å². The smallest absolute Gasteiger partial charge is 0.337 e. The SMILES string of the molecule is CCCc1ccc(CCCCCCCC(=O)N2CC(OP(=O)(O)O)C2)cc1. The van der Waals surface area contributed by atoms with Crippen molar-refractivity contribution in [1.29, 1.82) is 0 Å². The van der Waals surface area contributed by atoms with Crippen molar-refractivity contribution in [3.63, 3.8) is 0 Å². The van der Waals surface area contributed by atoms with Gasteiger partial charge in [0.25, 0.3) is 0 Å². The minimum Gasteiger partial charge on any atom is -0.337 e. The Balaban J connectivity index is 1.47. The van der Waals surface area contributed by atoms with Crippen molar-refractivity contribution >= 4 is 13.7 Å². The van der Waals surface area contributed by atoms with Crippen LogP contribution in [0.2, 0.25) is 0 Å². The molecule has 1 aromatic rings. The van der Waals surface area contributed by atoms with Gasteiger partial charge >= 0.3 is 7.82 Å². The summed E-state index contributed by atoms with van der Waals surface area (Å²) in [6.45, 7) is 2.75. The van der Waals surface area contributed by atoms with Crippen LogP contribution in [0.25, 0.3) is 0 Å². The topological polar surface area (TPSA) is 87.1 Å². The quantitative estimate of drug-likeness (QED) is 0.413. The van der Waals surface area contributed by atoms with Crippen LogP contribution in [0.3, 0.4) is 0 Å². The number of likely N-dealkylation sites (tertiary alicyclic amines) is 1. The molecule has 1 aromatic carbocycles. The standard InChI is InChI=1S/C20H32NO5P/c1-2-8-17-11-13-18(14-12-17)9-6-4-3-5-7-10-20(22)21-15-19(16-21)26-27(23,24)25/h11-14,19H,2-10,15-16H2,1H3,(H2,23,24,25). The molecule has 0 bridgehead atoms. The highest BCUT2D eigenvalue weighted by molar-refractivity contribution is 7.46. The van der Waals surface area contributed by atoms with Gasteiger partial charge in [0.15, 0.2) is 0 Å². The van der Waals surface area contributed by atoms with E-state index in [-0.39, 0.29) is 19.0 Å². The van der Waals surface area contributed by atoms with E-state index in [2.05, 4.69) is 35.7 Å². The fourth-order valence-corrected chi connectivity index (χ4v) is 3.88. The second-order valence-corrected chi connectivity index (χ2v) is 8.54. The third-order valence-corrected chi connectivity index (χ3v) is 5.48. The monoisotopic (exact) mass is 397 g/mol. The molecule has 1 amide bonds. The van der Waals surface area contributed by atoms with Crippen molar-refractivity contribution < 1.29 is 23.7 Å². The highest BCUT2D eigenvalue weighted by Gasteiger charge is 2.35. The van der Waals surface area contributed by atoms with Gasteiger partial charge in [0.1, 0.15) is 6.10 Å². The lowest BCUT2D eigenvalue weighted by molar-refractivity contribution is -0.140. The van der Waals surface area contributed by atoms with E-state index in [9.17, 15) is 9.36 Å². The van der Waals surface area contributed by atoms with Crippen LogP contribution in [0.4, 0.5) is 0 Å². The number of hydrogen-bond acceptors (Lipinski definition) is 3. The molecule has 0 radical (unpaired) electrons. The van der Waals surface area contributed by atoms with Gasteiger partial charge in [-0.3, -0.25) is 9.32 Å². The van der Waals surface area contributed by atoms with Crippen LogP contribution >= 0.6 is 7.82 Å². The summed E-state index contributed by atoms with van der Waals surface area (Å²) in [6.07, 6.45) is 8.79. The van der Waals surface area contributed by atoms with E-state index in [0.29, 0.717) is 6.42 Å². The largest absolute Gasteiger partial charge is 0.469 e. The van der Waals surface area contributed by atoms with Crippen molar-refractivity contribution in [2.45, 2.75) is 70.8 Å². The lowest BCUT2D eigenvalue weighted by atomic mass is 10.0. The normalized spacial score (nSPS) is 15.0. The molecule has 2 N–H and O–H groups in total. The van der Waals surface area contributed by atoms with Crippen LogP contribution in [-0.4, -0.2) is 39.8 Å². The average Bonchev–Trinajstić information content (AvgIpc) is 2.57. The average molecular weight is 397 g/mol. The third-order valence-electron chi connectivity index (χ3n) is 4.90. The Kier molecular flexibility index (Phi) is 8.97. The van der Waals surface area contributed by atoms with Crippen LogP contribution < -0.4 is 0 Å². The first-order valence-electron chi connectivity index (χ1n) is 9.97. The molecule has 1 heterocycles. The molecular formula is C20H32NO5P. The molecule has 0 aromatic heterocycles. The number of carbonyl (C=O) groups excluding carboxylic acids is 1. The van der Waals surface area contributed by atoms with Crippen molar-refractivity contribution in [2.75, 3.05) is 13.1 Å². The summed E-state index contributed by atoms with van der Waals surface area (Å²) < 4.78 is 15.3. The fourth-order valence-electron chi connectivity index (χ4n) is 3.36. The number of phosphoric acid groups is 1. The van der Waals surface area contributed by atoms with E-state index in [0.717, 1.165) is 32.1 Å². The summed E-state index contributed by atoms with van der Waals surface area (Å²) in [5, 5.41) is 0. The molecule has 1 saturated heterocycles. The highest BCUT2D eigenvalue weighted by Crippen LogP contribution is 2.39. The van der Waals surface area contributed by atoms with Gasteiger partial charge in [-0.2, -0.15) is 0 Å². The second kappa shape index (κ2) is 11.0. The van der Waals surface area contributed by atoms with Gasteiger partial charge < -0.3 is 14.7 Å². The lowest BCUT2D eigenvalue weighted by Gasteiger charge is -2.38. The van der Waals surface area contributed by atoms with Crippen LogP contribution in [0.5, 0.6) is 0 Å². The predicted molar refractivity (Wildman–Crippen MR) is 105 cm³/mol. The van der Waals surface area contributed by atoms with Crippen molar-refractivity contribution in [3.05, 3.63) is 35.4 Å². The molecule has 1 fully saturated rings. The van der Waals surface area contributed by atoms with E-state index < -0.39 is 13.9 Å². The number of phosphoric ester groups is 1. The first-order chi connectivity index (χ1) is 12.9. The van der Waals surface area contributed by atoms with Gasteiger partial charge in [-0.15, -0.1) is 0 Å². The van der Waals surface area contributed by atoms with Crippen molar-refractivity contribution in [3.8, 4) is 0 Å². The molecule has 0 saturated carbocycles. The van der Waals surface area contributed by atoms with Crippen LogP contribution in [0, 0.1) is 0 Å². The summed E-state index contributed by atoms with van der Waals surface area (Å²) in [5.41, 5.74) is 2.81. The van der Waals surface area contributed by atoms with Crippen LogP contribution in [0.15, 0.2) is 24.3 Å². The van der Waals surface area contributed by atoms with Crippen molar-refractivity contribution in [2.24, 2.45) is 0 Å². The van der Waals surface area contributed by atoms with Gasteiger partial charge in [-0.05, 0) is 36.8 Å². The molecular weight excluding hydrogens is 365 g/mol. The number of aryl methyl sites for hydroxylation is 2. The molecule has 0 atom stereocenters. The Morgan fingerprint density at radius 2 is 1.59 bits per heavy atom. The van der Waals surface area contributed by atoms with E-state index >= 15 is 0 Å². The van der Waals surface area contributed by atoms with Gasteiger partial charge in [-0.25, -0.2) is 4.57 Å². The number of unbranched alkanes of at least 4 members (excludes halogenated alkanes) is 4. The number of rotatable bonds is 12. The predicted octanol–water partition coefficient (Wildman–Crippen LogP) is 3.84. The lowest BCUT2D eigenvalue weighted by Crippen LogP contribution is -2.54. The minimum absolute atomic E-state index is 0.0488. The second-order valence-electron chi connectivity index (χ2n) is 7.35. The fraction of sp³-hybridized carbons (Fsp3) is 0.650. The summed E-state index contributed by atoms with van der Waals surface area (Å²) in [5.74, 6) is 0.0488. The van der Waals surface area contributed by atoms with E-state index in [1.54, 1.807) is 4.90 Å². The molecule has 1 aliphatic heterocycles. The Morgan fingerprint density at radius 1 is 1.04 bits per heavy atom. The molecule has 0 unspecified atom stereocenters. The molecule has 6 nitrogen and oxygen atoms in total. The highest BCUT2D eigenvalue weighted by atomic mass is 31.2. The summed E-state index contributed by atoms with van der Waals surface area (Å²) in [7, 11) is -4.45. The minimum atomic E-state index is -4.45. The Labute approximate surface area is 162 Å². The Bertz CT molecular complexity index is 622. The Hall–Kier alpha value is -1.20. The van der Waals surface area contributed by atoms with Crippen LogP contribution in [0.1, 0.15) is 63.0 Å². The third kappa shape index (κ3) is 8.56. The van der Waals surface area contributed by atoms with Gasteiger partial charge in [-0.1, -0.05) is 56.9 Å². The maximum Gasteiger partial charge on any atom is 0.469 e. The van der Waals surface area contributed by atoms with Crippen molar-refractivity contribution in [1.82, 2.24) is 4.90 Å². The van der Waals surface area contributed by atoms with Gasteiger partial charge in [0.2, 0.25) is 5.91 Å². The molecule has 0 spiro atoms. The number of carbonyl (C=O) groups is 1. The Morgan fingerprint density at radius 3 is 2.19 bits per heavy atom. The molecule has 0 aliphatic carbocycles. The summed E-state index contributed by atoms with van der Waals surface area (Å²) in [6, 6.07) is 8.94. The molecule has 27 heavy (non-hydrogen) atoms. The first kappa shape index (κ1) is 22.1. The maximum atomic E-state index is 12.0.